The summed E-state index contributed by atoms with van der Waals surface area (Å²) in [5.74, 6) is 0.681. The van der Waals surface area contributed by atoms with Crippen LogP contribution in [-0.4, -0.2) is 30.4 Å². The number of guanidine groups is 1. The van der Waals surface area contributed by atoms with Crippen molar-refractivity contribution < 1.29 is 9.21 Å². The average Bonchev–Trinajstić information content (AvgIpc) is 3.27. The molecule has 0 bridgehead atoms. The van der Waals surface area contributed by atoms with Crippen LogP contribution in [-0.2, 0) is 13.0 Å². The van der Waals surface area contributed by atoms with Crippen molar-refractivity contribution in [3.8, 4) is 0 Å². The molecule has 0 spiro atoms. The molecule has 0 fully saturated rings. The van der Waals surface area contributed by atoms with Crippen LogP contribution >= 0.6 is 11.6 Å². The number of furan rings is 1. The summed E-state index contributed by atoms with van der Waals surface area (Å²) in [6, 6.07) is 14.6. The molecular formula is C21H22ClN5O2. The Bertz CT molecular complexity index is 955. The summed E-state index contributed by atoms with van der Waals surface area (Å²) >= 11 is 5.80. The lowest BCUT2D eigenvalue weighted by molar-refractivity contribution is 0.0996. The summed E-state index contributed by atoms with van der Waals surface area (Å²) < 4.78 is 5.11. The number of aliphatic imine (C=N–C) groups is 1. The molecule has 0 aliphatic rings. The highest BCUT2D eigenvalue weighted by Gasteiger charge is 2.09. The van der Waals surface area contributed by atoms with Gasteiger partial charge in [0.25, 0.3) is 5.91 Å². The standard InChI is InChI=1S/C21H22ClN5O2/c1-23-21(24-10-9-15-7-8-19(22)25-13-15)26-14-16-4-2-5-17(12-16)27-20(28)18-6-3-11-29-18/h2-8,11-13H,9-10,14H2,1H3,(H,27,28)(H2,23,24,26). The molecule has 29 heavy (non-hydrogen) atoms. The molecule has 0 saturated carbocycles. The van der Waals surface area contributed by atoms with Crippen LogP contribution in [0.25, 0.3) is 0 Å². The molecule has 2 aromatic heterocycles. The number of benzene rings is 1. The minimum atomic E-state index is -0.283. The lowest BCUT2D eigenvalue weighted by Gasteiger charge is -2.13. The molecular weight excluding hydrogens is 390 g/mol. The van der Waals surface area contributed by atoms with Crippen molar-refractivity contribution in [2.45, 2.75) is 13.0 Å². The van der Waals surface area contributed by atoms with Gasteiger partial charge in [-0.3, -0.25) is 9.79 Å². The first-order chi connectivity index (χ1) is 14.1. The van der Waals surface area contributed by atoms with Crippen molar-refractivity contribution in [2.24, 2.45) is 4.99 Å². The highest BCUT2D eigenvalue weighted by atomic mass is 35.5. The Balaban J connectivity index is 1.47. The van der Waals surface area contributed by atoms with Crippen LogP contribution in [0.15, 0.2) is 70.4 Å². The van der Waals surface area contributed by atoms with Gasteiger partial charge in [0.1, 0.15) is 5.15 Å². The summed E-state index contributed by atoms with van der Waals surface area (Å²) in [6.45, 7) is 1.27. The van der Waals surface area contributed by atoms with E-state index >= 15 is 0 Å². The first kappa shape index (κ1) is 20.4. The number of halogens is 1. The van der Waals surface area contributed by atoms with Crippen LogP contribution < -0.4 is 16.0 Å². The third-order valence-electron chi connectivity index (χ3n) is 4.11. The molecule has 1 aromatic carbocycles. The molecule has 7 nitrogen and oxygen atoms in total. The Labute approximate surface area is 174 Å². The Hall–Kier alpha value is -3.32. The van der Waals surface area contributed by atoms with Gasteiger partial charge in [0.15, 0.2) is 11.7 Å². The van der Waals surface area contributed by atoms with Crippen molar-refractivity contribution in [2.75, 3.05) is 18.9 Å². The van der Waals surface area contributed by atoms with E-state index < -0.39 is 0 Å². The van der Waals surface area contributed by atoms with E-state index in [9.17, 15) is 4.79 Å². The fourth-order valence-corrected chi connectivity index (χ4v) is 2.76. The van der Waals surface area contributed by atoms with Crippen molar-refractivity contribution in [3.05, 3.63) is 83.0 Å². The normalized spacial score (nSPS) is 11.2. The maximum Gasteiger partial charge on any atom is 0.291 e. The Morgan fingerprint density at radius 3 is 2.76 bits per heavy atom. The maximum absolute atomic E-state index is 12.1. The molecule has 1 amide bonds. The number of pyridine rings is 1. The summed E-state index contributed by atoms with van der Waals surface area (Å²) in [5, 5.41) is 9.83. The second-order valence-corrected chi connectivity index (χ2v) is 6.61. The minimum Gasteiger partial charge on any atom is -0.459 e. The first-order valence-electron chi connectivity index (χ1n) is 9.13. The summed E-state index contributed by atoms with van der Waals surface area (Å²) in [5.41, 5.74) is 2.80. The van der Waals surface area contributed by atoms with E-state index in [1.165, 1.54) is 6.26 Å². The van der Waals surface area contributed by atoms with Crippen LogP contribution in [0.5, 0.6) is 0 Å². The topological polar surface area (TPSA) is 91.5 Å². The molecule has 2 heterocycles. The molecule has 150 valence electrons. The van der Waals surface area contributed by atoms with E-state index in [2.05, 4.69) is 25.9 Å². The number of carbonyl (C=O) groups is 1. The van der Waals surface area contributed by atoms with Crippen molar-refractivity contribution in [1.82, 2.24) is 15.6 Å². The van der Waals surface area contributed by atoms with Crippen molar-refractivity contribution in [3.63, 3.8) is 0 Å². The van der Waals surface area contributed by atoms with Crippen molar-refractivity contribution >= 4 is 29.2 Å². The fraction of sp³-hybridized carbons (Fsp3) is 0.190. The summed E-state index contributed by atoms with van der Waals surface area (Å²) in [6.07, 6.45) is 4.04. The van der Waals surface area contributed by atoms with Crippen LogP contribution in [0.1, 0.15) is 21.7 Å². The van der Waals surface area contributed by atoms with E-state index in [4.69, 9.17) is 16.0 Å². The highest BCUT2D eigenvalue weighted by molar-refractivity contribution is 6.29. The molecule has 0 aliphatic carbocycles. The van der Waals surface area contributed by atoms with Gasteiger partial charge in [-0.1, -0.05) is 29.8 Å². The number of anilines is 1. The fourth-order valence-electron chi connectivity index (χ4n) is 2.65. The zero-order valence-electron chi connectivity index (χ0n) is 16.0. The van der Waals surface area contributed by atoms with Crippen LogP contribution in [0, 0.1) is 0 Å². The van der Waals surface area contributed by atoms with E-state index in [0.29, 0.717) is 29.9 Å². The van der Waals surface area contributed by atoms with Crippen LogP contribution in [0.3, 0.4) is 0 Å². The second-order valence-electron chi connectivity index (χ2n) is 6.22. The first-order valence-corrected chi connectivity index (χ1v) is 9.50. The summed E-state index contributed by atoms with van der Waals surface area (Å²) in [4.78, 5) is 20.4. The smallest absolute Gasteiger partial charge is 0.291 e. The molecule has 3 N–H and O–H groups in total. The number of nitrogens with one attached hydrogen (secondary N) is 3. The van der Waals surface area contributed by atoms with Crippen LogP contribution in [0.4, 0.5) is 5.69 Å². The summed E-state index contributed by atoms with van der Waals surface area (Å²) in [7, 11) is 1.72. The molecule has 3 rings (SSSR count). The van der Waals surface area contributed by atoms with Crippen LogP contribution in [0.2, 0.25) is 5.15 Å². The minimum absolute atomic E-state index is 0.272. The van der Waals surface area contributed by atoms with E-state index in [1.54, 1.807) is 31.4 Å². The van der Waals surface area contributed by atoms with Gasteiger partial charge in [-0.05, 0) is 47.9 Å². The van der Waals surface area contributed by atoms with Gasteiger partial charge in [-0.25, -0.2) is 4.98 Å². The second kappa shape index (κ2) is 10.3. The number of aromatic nitrogens is 1. The third-order valence-corrected chi connectivity index (χ3v) is 4.33. The van der Waals surface area contributed by atoms with Gasteiger partial charge in [-0.2, -0.15) is 0 Å². The molecule has 0 unspecified atom stereocenters. The average molecular weight is 412 g/mol. The number of amides is 1. The number of carbonyl (C=O) groups excluding carboxylic acids is 1. The zero-order chi connectivity index (χ0) is 20.5. The van der Waals surface area contributed by atoms with E-state index in [0.717, 1.165) is 17.5 Å². The molecule has 0 aliphatic heterocycles. The monoisotopic (exact) mass is 411 g/mol. The Morgan fingerprint density at radius 1 is 1.14 bits per heavy atom. The Kier molecular flexibility index (Phi) is 7.24. The molecule has 0 saturated heterocycles. The predicted octanol–water partition coefficient (Wildman–Crippen LogP) is 3.49. The zero-order valence-corrected chi connectivity index (χ0v) is 16.7. The third kappa shape index (κ3) is 6.36. The Morgan fingerprint density at radius 2 is 2.03 bits per heavy atom. The maximum atomic E-state index is 12.1. The quantitative estimate of drug-likeness (QED) is 0.314. The van der Waals surface area contributed by atoms with Gasteiger partial charge < -0.3 is 20.4 Å². The molecule has 0 atom stereocenters. The number of hydrogen-bond acceptors (Lipinski definition) is 4. The lowest BCUT2D eigenvalue weighted by atomic mass is 10.2. The molecule has 0 radical (unpaired) electrons. The van der Waals surface area contributed by atoms with Gasteiger partial charge >= 0.3 is 0 Å². The van der Waals surface area contributed by atoms with Gasteiger partial charge in [-0.15, -0.1) is 0 Å². The highest BCUT2D eigenvalue weighted by Crippen LogP contribution is 2.12. The SMILES string of the molecule is CN=C(NCCc1ccc(Cl)nc1)NCc1cccc(NC(=O)c2ccco2)c1. The number of hydrogen-bond donors (Lipinski definition) is 3. The van der Waals surface area contributed by atoms with Gasteiger partial charge in [0, 0.05) is 32.0 Å². The molecule has 3 aromatic rings. The van der Waals surface area contributed by atoms with Gasteiger partial charge in [0.05, 0.1) is 6.26 Å². The largest absolute Gasteiger partial charge is 0.459 e. The van der Waals surface area contributed by atoms with E-state index in [1.807, 2.05) is 30.3 Å². The number of nitrogens with zero attached hydrogens (tertiary/aromatic N) is 2. The molecule has 8 heteroatoms. The lowest BCUT2D eigenvalue weighted by Crippen LogP contribution is -2.37. The van der Waals surface area contributed by atoms with Crippen molar-refractivity contribution in [1.29, 1.82) is 0 Å². The number of rotatable bonds is 7. The predicted molar refractivity (Wildman–Crippen MR) is 114 cm³/mol. The van der Waals surface area contributed by atoms with E-state index in [-0.39, 0.29) is 11.7 Å². The van der Waals surface area contributed by atoms with Gasteiger partial charge in [0.2, 0.25) is 0 Å².